The molecule has 40 heavy (non-hydrogen) atoms. The number of hydrogen-bond donors (Lipinski definition) is 1. The van der Waals surface area contributed by atoms with Crippen LogP contribution in [0.25, 0.3) is 6.08 Å². The monoisotopic (exact) mass is 553 g/mol. The highest BCUT2D eigenvalue weighted by molar-refractivity contribution is 7.07. The Morgan fingerprint density at radius 3 is 2.50 bits per heavy atom. The van der Waals surface area contributed by atoms with Crippen molar-refractivity contribution in [2.75, 3.05) is 19.0 Å². The van der Waals surface area contributed by atoms with E-state index in [1.54, 1.807) is 18.6 Å². The van der Waals surface area contributed by atoms with Crippen molar-refractivity contribution in [2.24, 2.45) is 10.9 Å². The predicted octanol–water partition coefficient (Wildman–Crippen LogP) is 4.92. The fourth-order valence-electron chi connectivity index (χ4n) is 4.53. The Balaban J connectivity index is 1.59. The molecule has 1 N–H and O–H groups in total. The van der Waals surface area contributed by atoms with Crippen molar-refractivity contribution in [2.45, 2.75) is 26.8 Å². The van der Waals surface area contributed by atoms with Gasteiger partial charge in [-0.2, -0.15) is 0 Å². The number of carbonyl (C=O) groups excluding carboxylic acids is 1. The minimum absolute atomic E-state index is 0.214. The zero-order chi connectivity index (χ0) is 28.2. The number of hydrogen-bond acceptors (Lipinski definition) is 6. The lowest BCUT2D eigenvalue weighted by Crippen LogP contribution is -2.40. The number of aromatic nitrogens is 1. The van der Waals surface area contributed by atoms with E-state index in [1.807, 2.05) is 84.9 Å². The molecule has 1 atom stereocenters. The van der Waals surface area contributed by atoms with Crippen molar-refractivity contribution in [3.63, 3.8) is 0 Å². The quantitative estimate of drug-likeness (QED) is 0.336. The second-order valence-electron chi connectivity index (χ2n) is 9.95. The molecule has 1 aromatic heterocycles. The zero-order valence-corrected chi connectivity index (χ0v) is 23.7. The van der Waals surface area contributed by atoms with Crippen LogP contribution in [0.15, 0.2) is 99.9 Å². The number of fused-ring (bicyclic) bond motifs is 1. The van der Waals surface area contributed by atoms with Gasteiger partial charge in [0.15, 0.2) is 4.80 Å². The summed E-state index contributed by atoms with van der Waals surface area (Å²) in [7, 11) is 1.59. The van der Waals surface area contributed by atoms with Gasteiger partial charge in [0.25, 0.3) is 11.5 Å². The van der Waals surface area contributed by atoms with Crippen molar-refractivity contribution in [1.82, 2.24) is 4.57 Å². The molecule has 2 heterocycles. The molecular weight excluding hydrogens is 522 g/mol. The third kappa shape index (κ3) is 5.77. The van der Waals surface area contributed by atoms with Crippen LogP contribution < -0.4 is 29.7 Å². The van der Waals surface area contributed by atoms with Gasteiger partial charge in [0.05, 0.1) is 35.6 Å². The van der Waals surface area contributed by atoms with E-state index in [0.29, 0.717) is 44.6 Å². The van der Waals surface area contributed by atoms with E-state index in [4.69, 9.17) is 14.5 Å². The summed E-state index contributed by atoms with van der Waals surface area (Å²) in [6.45, 7) is 6.65. The molecule has 4 aromatic rings. The molecule has 0 saturated carbocycles. The molecule has 1 aliphatic heterocycles. The largest absolute Gasteiger partial charge is 0.497 e. The summed E-state index contributed by atoms with van der Waals surface area (Å²) in [6, 6.07) is 23.7. The molecule has 0 aliphatic carbocycles. The predicted molar refractivity (Wildman–Crippen MR) is 159 cm³/mol. The number of para-hydroxylation sites is 1. The molecule has 0 unspecified atom stereocenters. The van der Waals surface area contributed by atoms with E-state index >= 15 is 0 Å². The average molecular weight is 554 g/mol. The summed E-state index contributed by atoms with van der Waals surface area (Å²) in [4.78, 5) is 32.8. The number of ether oxygens (including phenoxy) is 2. The number of thiazole rings is 1. The van der Waals surface area contributed by atoms with Crippen LogP contribution in [0.4, 0.5) is 5.69 Å². The highest BCUT2D eigenvalue weighted by atomic mass is 32.1. The highest BCUT2D eigenvalue weighted by Crippen LogP contribution is 2.32. The summed E-state index contributed by atoms with van der Waals surface area (Å²) >= 11 is 1.30. The molecule has 0 saturated heterocycles. The first kappa shape index (κ1) is 27.1. The van der Waals surface area contributed by atoms with Crippen LogP contribution in [0.5, 0.6) is 11.5 Å². The van der Waals surface area contributed by atoms with E-state index in [9.17, 15) is 9.59 Å². The van der Waals surface area contributed by atoms with E-state index in [2.05, 4.69) is 19.2 Å². The van der Waals surface area contributed by atoms with E-state index in [0.717, 1.165) is 16.9 Å². The van der Waals surface area contributed by atoms with Crippen LogP contribution in [0.2, 0.25) is 0 Å². The van der Waals surface area contributed by atoms with Gasteiger partial charge in [0.2, 0.25) is 0 Å². The summed E-state index contributed by atoms with van der Waals surface area (Å²) in [5.41, 5.74) is 3.04. The Hall–Kier alpha value is -4.43. The SMILES string of the molecule is COc1cccc([C@H]2C(C(=O)Nc3ccccc3)=C(C)N=c3s/c(=C/c4ccc(OCC(C)C)cc4)c(=O)n32)c1. The van der Waals surface area contributed by atoms with Gasteiger partial charge in [0.1, 0.15) is 11.5 Å². The number of amides is 1. The maximum Gasteiger partial charge on any atom is 0.271 e. The minimum Gasteiger partial charge on any atom is -0.497 e. The number of allylic oxidation sites excluding steroid dienone is 1. The fourth-order valence-corrected chi connectivity index (χ4v) is 5.58. The molecule has 204 valence electrons. The summed E-state index contributed by atoms with van der Waals surface area (Å²) in [5, 5.41) is 2.97. The van der Waals surface area contributed by atoms with Crippen molar-refractivity contribution in [3.05, 3.63) is 121 Å². The third-order valence-electron chi connectivity index (χ3n) is 6.47. The fraction of sp³-hybridized carbons (Fsp3) is 0.219. The zero-order valence-electron chi connectivity index (χ0n) is 22.9. The number of anilines is 1. The first-order valence-corrected chi connectivity index (χ1v) is 13.9. The van der Waals surface area contributed by atoms with Crippen LogP contribution in [-0.2, 0) is 4.79 Å². The number of methoxy groups -OCH3 is 1. The number of nitrogens with zero attached hydrogens (tertiary/aromatic N) is 2. The summed E-state index contributed by atoms with van der Waals surface area (Å²) in [5.74, 6) is 1.54. The van der Waals surface area contributed by atoms with Crippen molar-refractivity contribution >= 4 is 29.0 Å². The molecule has 0 spiro atoms. The van der Waals surface area contributed by atoms with Crippen molar-refractivity contribution in [1.29, 1.82) is 0 Å². The summed E-state index contributed by atoms with van der Waals surface area (Å²) < 4.78 is 13.4. The number of nitrogens with one attached hydrogen (secondary N) is 1. The van der Waals surface area contributed by atoms with Gasteiger partial charge in [-0.25, -0.2) is 4.99 Å². The van der Waals surface area contributed by atoms with Gasteiger partial charge in [-0.1, -0.05) is 67.6 Å². The standard InChI is InChI=1S/C32H31N3O4S/c1-20(2)19-39-25-15-13-22(14-16-25)17-27-31(37)35-29(23-9-8-12-26(18-23)38-4)28(21(3)33-32(35)40-27)30(36)34-24-10-6-5-7-11-24/h5-18,20,29H,19H2,1-4H3,(H,34,36)/b27-17+/t29-/m0/s1. The first-order chi connectivity index (χ1) is 19.3. The topological polar surface area (TPSA) is 81.9 Å². The normalized spacial score (nSPS) is 15.0. The van der Waals surface area contributed by atoms with Crippen LogP contribution in [0.1, 0.15) is 37.9 Å². The molecular formula is C32H31N3O4S. The number of carbonyl (C=O) groups is 1. The third-order valence-corrected chi connectivity index (χ3v) is 7.45. The molecule has 8 heteroatoms. The lowest BCUT2D eigenvalue weighted by molar-refractivity contribution is -0.113. The second-order valence-corrected chi connectivity index (χ2v) is 11.0. The maximum atomic E-state index is 13.9. The Morgan fingerprint density at radius 2 is 1.80 bits per heavy atom. The minimum atomic E-state index is -0.677. The molecule has 1 amide bonds. The molecule has 0 radical (unpaired) electrons. The lowest BCUT2D eigenvalue weighted by atomic mass is 9.95. The highest BCUT2D eigenvalue weighted by Gasteiger charge is 2.32. The maximum absolute atomic E-state index is 13.9. The smallest absolute Gasteiger partial charge is 0.271 e. The van der Waals surface area contributed by atoms with Gasteiger partial charge < -0.3 is 14.8 Å². The molecule has 1 aliphatic rings. The van der Waals surface area contributed by atoms with E-state index in [1.165, 1.54) is 11.3 Å². The average Bonchev–Trinajstić information content (AvgIpc) is 3.26. The van der Waals surface area contributed by atoms with Gasteiger partial charge in [-0.05, 0) is 66.4 Å². The van der Waals surface area contributed by atoms with Crippen LogP contribution in [0.3, 0.4) is 0 Å². The molecule has 7 nitrogen and oxygen atoms in total. The van der Waals surface area contributed by atoms with Gasteiger partial charge >= 0.3 is 0 Å². The lowest BCUT2D eigenvalue weighted by Gasteiger charge is -2.25. The Kier molecular flexibility index (Phi) is 7.98. The van der Waals surface area contributed by atoms with Gasteiger partial charge in [-0.3, -0.25) is 14.2 Å². The molecule has 5 rings (SSSR count). The van der Waals surface area contributed by atoms with Crippen molar-refractivity contribution in [3.8, 4) is 11.5 Å². The van der Waals surface area contributed by atoms with Crippen molar-refractivity contribution < 1.29 is 14.3 Å². The van der Waals surface area contributed by atoms with Gasteiger partial charge in [0, 0.05) is 5.69 Å². The number of rotatable bonds is 8. The van der Waals surface area contributed by atoms with Crippen LogP contribution >= 0.6 is 11.3 Å². The van der Waals surface area contributed by atoms with Crippen LogP contribution in [-0.4, -0.2) is 24.2 Å². The van der Waals surface area contributed by atoms with E-state index in [-0.39, 0.29) is 11.5 Å². The number of benzene rings is 3. The second kappa shape index (κ2) is 11.8. The Bertz CT molecular complexity index is 1740. The Morgan fingerprint density at radius 1 is 1.05 bits per heavy atom. The Labute approximate surface area is 236 Å². The van der Waals surface area contributed by atoms with E-state index < -0.39 is 6.04 Å². The molecule has 3 aromatic carbocycles. The molecule has 0 bridgehead atoms. The van der Waals surface area contributed by atoms with Gasteiger partial charge in [-0.15, -0.1) is 0 Å². The first-order valence-electron chi connectivity index (χ1n) is 13.1. The molecule has 0 fully saturated rings. The van der Waals surface area contributed by atoms with Crippen LogP contribution in [0, 0.1) is 5.92 Å². The summed E-state index contributed by atoms with van der Waals surface area (Å²) in [6.07, 6.45) is 1.85.